The summed E-state index contributed by atoms with van der Waals surface area (Å²) >= 11 is 0. The van der Waals surface area contributed by atoms with Crippen LogP contribution < -0.4 is 5.32 Å². The van der Waals surface area contributed by atoms with E-state index in [1.54, 1.807) is 43.1 Å². The zero-order valence-electron chi connectivity index (χ0n) is 13.9. The molecule has 0 spiro atoms. The van der Waals surface area contributed by atoms with Crippen molar-refractivity contribution in [3.05, 3.63) is 35.9 Å². The van der Waals surface area contributed by atoms with Gasteiger partial charge in [0.25, 0.3) is 5.91 Å². The summed E-state index contributed by atoms with van der Waals surface area (Å²) in [4.78, 5) is 36.7. The zero-order chi connectivity index (χ0) is 17.2. The van der Waals surface area contributed by atoms with Gasteiger partial charge in [-0.15, -0.1) is 0 Å². The highest BCUT2D eigenvalue weighted by Gasteiger charge is 2.16. The Morgan fingerprint density at radius 2 is 1.87 bits per heavy atom. The number of hydrogen-bond acceptors (Lipinski definition) is 4. The zero-order valence-corrected chi connectivity index (χ0v) is 13.9. The smallest absolute Gasteiger partial charge is 0.305 e. The van der Waals surface area contributed by atoms with Gasteiger partial charge < -0.3 is 15.0 Å². The monoisotopic (exact) mass is 320 g/mol. The molecule has 2 amide bonds. The van der Waals surface area contributed by atoms with Crippen LogP contribution in [0, 0.1) is 0 Å². The molecule has 0 saturated carbocycles. The minimum atomic E-state index is -0.283. The van der Waals surface area contributed by atoms with Gasteiger partial charge >= 0.3 is 5.97 Å². The minimum absolute atomic E-state index is 0.0734. The van der Waals surface area contributed by atoms with E-state index < -0.39 is 0 Å². The first-order chi connectivity index (χ1) is 10.9. The van der Waals surface area contributed by atoms with E-state index in [1.165, 1.54) is 7.11 Å². The molecule has 0 radical (unpaired) electrons. The number of nitrogens with zero attached hydrogens (tertiary/aromatic N) is 1. The average molecular weight is 320 g/mol. The Morgan fingerprint density at radius 3 is 2.48 bits per heavy atom. The van der Waals surface area contributed by atoms with Crippen molar-refractivity contribution in [1.82, 2.24) is 10.2 Å². The second-order valence-electron chi connectivity index (χ2n) is 5.44. The molecule has 0 fully saturated rings. The number of esters is 1. The lowest BCUT2D eigenvalue weighted by molar-refractivity contribution is -0.141. The molecule has 1 rings (SSSR count). The Balaban J connectivity index is 2.35. The van der Waals surface area contributed by atoms with Gasteiger partial charge in [-0.3, -0.25) is 14.4 Å². The highest BCUT2D eigenvalue weighted by molar-refractivity contribution is 5.94. The van der Waals surface area contributed by atoms with Crippen LogP contribution in [0.1, 0.15) is 36.5 Å². The lowest BCUT2D eigenvalue weighted by Gasteiger charge is -2.20. The molecular formula is C17H24N2O4. The van der Waals surface area contributed by atoms with Gasteiger partial charge in [-0.05, 0) is 25.5 Å². The average Bonchev–Trinajstić information content (AvgIpc) is 2.54. The van der Waals surface area contributed by atoms with Crippen LogP contribution in [-0.2, 0) is 14.3 Å². The first-order valence-corrected chi connectivity index (χ1v) is 7.60. The van der Waals surface area contributed by atoms with Gasteiger partial charge in [0.05, 0.1) is 7.11 Å². The molecule has 1 aromatic carbocycles. The van der Waals surface area contributed by atoms with Gasteiger partial charge in [0.2, 0.25) is 5.91 Å². The van der Waals surface area contributed by atoms with Gasteiger partial charge in [0.1, 0.15) is 0 Å². The molecule has 1 unspecified atom stereocenters. The van der Waals surface area contributed by atoms with E-state index in [0.717, 1.165) is 0 Å². The molecule has 23 heavy (non-hydrogen) atoms. The van der Waals surface area contributed by atoms with E-state index in [0.29, 0.717) is 18.5 Å². The molecule has 0 aromatic heterocycles. The van der Waals surface area contributed by atoms with Crippen molar-refractivity contribution in [2.24, 2.45) is 0 Å². The maximum Gasteiger partial charge on any atom is 0.305 e. The molecule has 0 aliphatic carbocycles. The summed E-state index contributed by atoms with van der Waals surface area (Å²) in [6.45, 7) is 2.27. The fourth-order valence-electron chi connectivity index (χ4n) is 2.05. The standard InChI is InChI=1S/C17H24N2O4/c1-13(18-17(22)14-8-5-4-6-9-14)12-15(20)19(2)11-7-10-16(21)23-3/h4-6,8-9,13H,7,10-12H2,1-3H3,(H,18,22). The van der Waals surface area contributed by atoms with Crippen molar-refractivity contribution < 1.29 is 19.1 Å². The number of methoxy groups -OCH3 is 1. The second-order valence-corrected chi connectivity index (χ2v) is 5.44. The molecule has 0 bridgehead atoms. The third-order valence-electron chi connectivity index (χ3n) is 3.42. The van der Waals surface area contributed by atoms with Crippen LogP contribution in [-0.4, -0.2) is 49.4 Å². The number of hydrogen-bond donors (Lipinski definition) is 1. The molecule has 0 aliphatic heterocycles. The first kappa shape index (κ1) is 18.7. The molecule has 1 atom stereocenters. The summed E-state index contributed by atoms with van der Waals surface area (Å²) in [6, 6.07) is 8.61. The lowest BCUT2D eigenvalue weighted by atomic mass is 10.1. The van der Waals surface area contributed by atoms with E-state index >= 15 is 0 Å². The Labute approximate surface area is 136 Å². The topological polar surface area (TPSA) is 75.7 Å². The summed E-state index contributed by atoms with van der Waals surface area (Å²) in [7, 11) is 3.03. The van der Waals surface area contributed by atoms with E-state index in [4.69, 9.17) is 0 Å². The summed E-state index contributed by atoms with van der Waals surface area (Å²) in [5.41, 5.74) is 0.568. The Hall–Kier alpha value is -2.37. The summed E-state index contributed by atoms with van der Waals surface area (Å²) in [5.74, 6) is -0.552. The van der Waals surface area contributed by atoms with Crippen LogP contribution in [0.15, 0.2) is 30.3 Å². The minimum Gasteiger partial charge on any atom is -0.469 e. The molecule has 1 aromatic rings. The molecular weight excluding hydrogens is 296 g/mol. The van der Waals surface area contributed by atoms with E-state index in [9.17, 15) is 14.4 Å². The van der Waals surface area contributed by atoms with E-state index in [2.05, 4.69) is 10.1 Å². The van der Waals surface area contributed by atoms with Crippen LogP contribution in [0.5, 0.6) is 0 Å². The molecule has 1 N–H and O–H groups in total. The second kappa shape index (κ2) is 9.61. The molecule has 6 nitrogen and oxygen atoms in total. The normalized spacial score (nSPS) is 11.4. The quantitative estimate of drug-likeness (QED) is 0.738. The first-order valence-electron chi connectivity index (χ1n) is 7.60. The van der Waals surface area contributed by atoms with E-state index in [-0.39, 0.29) is 36.7 Å². The molecule has 0 saturated heterocycles. The number of carbonyl (C=O) groups excluding carboxylic acids is 3. The highest BCUT2D eigenvalue weighted by Crippen LogP contribution is 2.03. The maximum atomic E-state index is 12.1. The summed E-state index contributed by atoms with van der Waals surface area (Å²) < 4.78 is 4.55. The number of benzene rings is 1. The predicted octanol–water partition coefficient (Wildman–Crippen LogP) is 1.61. The van der Waals surface area contributed by atoms with Gasteiger partial charge in [-0.2, -0.15) is 0 Å². The highest BCUT2D eigenvalue weighted by atomic mass is 16.5. The molecule has 0 aliphatic rings. The number of rotatable bonds is 8. The van der Waals surface area contributed by atoms with Crippen LogP contribution in [0.3, 0.4) is 0 Å². The van der Waals surface area contributed by atoms with E-state index in [1.807, 2.05) is 6.07 Å². The number of amides is 2. The Bertz CT molecular complexity index is 531. The van der Waals surface area contributed by atoms with Crippen LogP contribution >= 0.6 is 0 Å². The predicted molar refractivity (Wildman–Crippen MR) is 86.9 cm³/mol. The van der Waals surface area contributed by atoms with Crippen LogP contribution in [0.4, 0.5) is 0 Å². The Morgan fingerprint density at radius 1 is 1.22 bits per heavy atom. The summed E-state index contributed by atoms with van der Waals surface area (Å²) in [6.07, 6.45) is 1.06. The molecule has 0 heterocycles. The number of ether oxygens (including phenoxy) is 1. The summed E-state index contributed by atoms with van der Waals surface area (Å²) in [5, 5.41) is 2.80. The van der Waals surface area contributed by atoms with Gasteiger partial charge in [0.15, 0.2) is 0 Å². The third kappa shape index (κ3) is 6.95. The van der Waals surface area contributed by atoms with Crippen molar-refractivity contribution in [1.29, 1.82) is 0 Å². The van der Waals surface area contributed by atoms with Crippen molar-refractivity contribution in [3.63, 3.8) is 0 Å². The fraction of sp³-hybridized carbons (Fsp3) is 0.471. The van der Waals surface area contributed by atoms with Gasteiger partial charge in [0, 0.05) is 38.0 Å². The Kier molecular flexibility index (Phi) is 7.80. The molecule has 6 heteroatoms. The van der Waals surface area contributed by atoms with Crippen molar-refractivity contribution in [2.45, 2.75) is 32.2 Å². The van der Waals surface area contributed by atoms with Crippen LogP contribution in [0.25, 0.3) is 0 Å². The van der Waals surface area contributed by atoms with Gasteiger partial charge in [-0.1, -0.05) is 18.2 Å². The maximum absolute atomic E-state index is 12.1. The van der Waals surface area contributed by atoms with Crippen molar-refractivity contribution in [3.8, 4) is 0 Å². The van der Waals surface area contributed by atoms with Crippen molar-refractivity contribution in [2.75, 3.05) is 20.7 Å². The van der Waals surface area contributed by atoms with Gasteiger partial charge in [-0.25, -0.2) is 0 Å². The third-order valence-corrected chi connectivity index (χ3v) is 3.42. The number of carbonyl (C=O) groups is 3. The lowest BCUT2D eigenvalue weighted by Crippen LogP contribution is -2.38. The fourth-order valence-corrected chi connectivity index (χ4v) is 2.05. The largest absolute Gasteiger partial charge is 0.469 e. The molecule has 126 valence electrons. The van der Waals surface area contributed by atoms with Crippen LogP contribution in [0.2, 0.25) is 0 Å². The SMILES string of the molecule is COC(=O)CCCN(C)C(=O)CC(C)NC(=O)c1ccccc1. The van der Waals surface area contributed by atoms with Crippen molar-refractivity contribution >= 4 is 17.8 Å². The number of nitrogens with one attached hydrogen (secondary N) is 1.